The lowest BCUT2D eigenvalue weighted by atomic mass is 9.94. The molecule has 19 heavy (non-hydrogen) atoms. The molecule has 2 atom stereocenters. The van der Waals surface area contributed by atoms with Crippen LogP contribution >= 0.6 is 0 Å². The lowest BCUT2D eigenvalue weighted by Crippen LogP contribution is -2.28. The molecule has 1 aliphatic carbocycles. The zero-order valence-electron chi connectivity index (χ0n) is 11.0. The first-order chi connectivity index (χ1) is 9.05. The van der Waals surface area contributed by atoms with E-state index in [-0.39, 0.29) is 11.3 Å². The second kappa shape index (κ2) is 4.63. The fourth-order valence-electron chi connectivity index (χ4n) is 3.03. The van der Waals surface area contributed by atoms with Crippen LogP contribution in [0.2, 0.25) is 0 Å². The molecule has 1 heterocycles. The number of imidazole rings is 1. The topological polar surface area (TPSA) is 52.0 Å². The SMILES string of the molecule is CS(=O)(=O)C1CCCC(n2cnc3ccccc32)C1. The van der Waals surface area contributed by atoms with Gasteiger partial charge in [0.05, 0.1) is 22.6 Å². The average molecular weight is 278 g/mol. The number of fused-ring (bicyclic) bond motifs is 1. The minimum atomic E-state index is -2.94. The van der Waals surface area contributed by atoms with Crippen LogP contribution in [0.25, 0.3) is 11.0 Å². The molecule has 0 amide bonds. The van der Waals surface area contributed by atoms with E-state index in [1.807, 2.05) is 30.6 Å². The Bertz CT molecular complexity index is 690. The molecule has 1 aromatic carbocycles. The number of rotatable bonds is 2. The Morgan fingerprint density at radius 1 is 1.26 bits per heavy atom. The summed E-state index contributed by atoms with van der Waals surface area (Å²) >= 11 is 0. The first-order valence-corrected chi connectivity index (χ1v) is 8.61. The van der Waals surface area contributed by atoms with Crippen LogP contribution in [0.5, 0.6) is 0 Å². The molecular formula is C14H18N2O2S. The molecule has 0 bridgehead atoms. The van der Waals surface area contributed by atoms with Crippen molar-refractivity contribution in [1.82, 2.24) is 9.55 Å². The normalized spacial score (nSPS) is 24.7. The second-order valence-electron chi connectivity index (χ2n) is 5.41. The monoisotopic (exact) mass is 278 g/mol. The molecule has 0 radical (unpaired) electrons. The van der Waals surface area contributed by atoms with Gasteiger partial charge in [0.25, 0.3) is 0 Å². The summed E-state index contributed by atoms with van der Waals surface area (Å²) in [6, 6.07) is 8.26. The minimum Gasteiger partial charge on any atom is -0.327 e. The van der Waals surface area contributed by atoms with Gasteiger partial charge in [-0.2, -0.15) is 0 Å². The van der Waals surface area contributed by atoms with Crippen molar-refractivity contribution in [2.24, 2.45) is 0 Å². The molecule has 102 valence electrons. The smallest absolute Gasteiger partial charge is 0.150 e. The maximum absolute atomic E-state index is 11.7. The molecule has 2 aromatic rings. The Balaban J connectivity index is 1.94. The Labute approximate surface area is 113 Å². The maximum atomic E-state index is 11.7. The number of benzene rings is 1. The number of hydrogen-bond donors (Lipinski definition) is 0. The van der Waals surface area contributed by atoms with E-state index in [1.165, 1.54) is 6.26 Å². The Hall–Kier alpha value is -1.36. The molecule has 1 aromatic heterocycles. The second-order valence-corrected chi connectivity index (χ2v) is 7.74. The third-order valence-corrected chi connectivity index (χ3v) is 5.72. The van der Waals surface area contributed by atoms with Crippen LogP contribution in [0, 0.1) is 0 Å². The summed E-state index contributed by atoms with van der Waals surface area (Å²) in [7, 11) is -2.94. The predicted octanol–water partition coefficient (Wildman–Crippen LogP) is 2.56. The van der Waals surface area contributed by atoms with E-state index in [0.717, 1.165) is 30.3 Å². The van der Waals surface area contributed by atoms with Crippen molar-refractivity contribution in [1.29, 1.82) is 0 Å². The van der Waals surface area contributed by atoms with Crippen molar-refractivity contribution in [2.75, 3.05) is 6.26 Å². The predicted molar refractivity (Wildman–Crippen MR) is 75.9 cm³/mol. The van der Waals surface area contributed by atoms with Crippen LogP contribution in [-0.2, 0) is 9.84 Å². The van der Waals surface area contributed by atoms with Gasteiger partial charge in [0.2, 0.25) is 0 Å². The van der Waals surface area contributed by atoms with E-state index in [0.29, 0.717) is 6.42 Å². The molecule has 0 aliphatic heterocycles. The van der Waals surface area contributed by atoms with Gasteiger partial charge in [-0.1, -0.05) is 18.6 Å². The van der Waals surface area contributed by atoms with Gasteiger partial charge in [-0.05, 0) is 31.4 Å². The summed E-state index contributed by atoms with van der Waals surface area (Å²) < 4.78 is 25.6. The van der Waals surface area contributed by atoms with Crippen molar-refractivity contribution in [3.8, 4) is 0 Å². The molecule has 2 unspecified atom stereocenters. The molecule has 3 rings (SSSR count). The van der Waals surface area contributed by atoms with Crippen LogP contribution in [0.3, 0.4) is 0 Å². The number of para-hydroxylation sites is 2. The molecular weight excluding hydrogens is 260 g/mol. The average Bonchev–Trinajstić information content (AvgIpc) is 2.82. The van der Waals surface area contributed by atoms with Gasteiger partial charge in [-0.25, -0.2) is 13.4 Å². The zero-order valence-corrected chi connectivity index (χ0v) is 11.8. The van der Waals surface area contributed by atoms with Crippen LogP contribution in [0.1, 0.15) is 31.7 Å². The molecule has 0 N–H and O–H groups in total. The molecule has 4 nitrogen and oxygen atoms in total. The summed E-state index contributed by atoms with van der Waals surface area (Å²) in [5.41, 5.74) is 2.07. The van der Waals surface area contributed by atoms with Crippen molar-refractivity contribution < 1.29 is 8.42 Å². The Morgan fingerprint density at radius 2 is 2.05 bits per heavy atom. The quantitative estimate of drug-likeness (QED) is 0.848. The lowest BCUT2D eigenvalue weighted by molar-refractivity contribution is 0.358. The van der Waals surface area contributed by atoms with Gasteiger partial charge in [-0.3, -0.25) is 0 Å². The van der Waals surface area contributed by atoms with E-state index >= 15 is 0 Å². The third-order valence-electron chi connectivity index (χ3n) is 4.08. The Morgan fingerprint density at radius 3 is 2.84 bits per heavy atom. The van der Waals surface area contributed by atoms with Crippen molar-refractivity contribution in [2.45, 2.75) is 37.0 Å². The van der Waals surface area contributed by atoms with Gasteiger partial charge >= 0.3 is 0 Å². The van der Waals surface area contributed by atoms with Gasteiger partial charge in [0.1, 0.15) is 9.84 Å². The molecule has 0 spiro atoms. The van der Waals surface area contributed by atoms with E-state index in [1.54, 1.807) is 0 Å². The minimum absolute atomic E-state index is 0.201. The number of nitrogens with zero attached hydrogens (tertiary/aromatic N) is 2. The summed E-state index contributed by atoms with van der Waals surface area (Å²) in [6.07, 6.45) is 6.70. The van der Waals surface area contributed by atoms with Crippen LogP contribution < -0.4 is 0 Å². The maximum Gasteiger partial charge on any atom is 0.150 e. The molecule has 1 saturated carbocycles. The fraction of sp³-hybridized carbons (Fsp3) is 0.500. The van der Waals surface area contributed by atoms with Crippen LogP contribution in [0.4, 0.5) is 0 Å². The van der Waals surface area contributed by atoms with Crippen LogP contribution in [0.15, 0.2) is 30.6 Å². The van der Waals surface area contributed by atoms with Gasteiger partial charge < -0.3 is 4.57 Å². The highest BCUT2D eigenvalue weighted by atomic mass is 32.2. The first-order valence-electron chi connectivity index (χ1n) is 6.66. The number of aromatic nitrogens is 2. The summed E-state index contributed by atoms with van der Waals surface area (Å²) in [5.74, 6) is 0. The fourth-order valence-corrected chi connectivity index (χ4v) is 4.20. The zero-order chi connectivity index (χ0) is 13.5. The molecule has 0 saturated heterocycles. The van der Waals surface area contributed by atoms with E-state index in [4.69, 9.17) is 0 Å². The van der Waals surface area contributed by atoms with Crippen molar-refractivity contribution in [3.05, 3.63) is 30.6 Å². The molecule has 1 aliphatic rings. The van der Waals surface area contributed by atoms with Crippen molar-refractivity contribution in [3.63, 3.8) is 0 Å². The highest BCUT2D eigenvalue weighted by Gasteiger charge is 2.30. The first kappa shape index (κ1) is 12.7. The van der Waals surface area contributed by atoms with Gasteiger partial charge in [-0.15, -0.1) is 0 Å². The largest absolute Gasteiger partial charge is 0.327 e. The summed E-state index contributed by atoms with van der Waals surface area (Å²) in [6.45, 7) is 0. The number of hydrogen-bond acceptors (Lipinski definition) is 3. The Kier molecular flexibility index (Phi) is 3.09. The standard InChI is InChI=1S/C14H18N2O2S/c1-19(17,18)12-6-4-5-11(9-12)16-10-15-13-7-2-3-8-14(13)16/h2-3,7-8,10-12H,4-6,9H2,1H3. The van der Waals surface area contributed by atoms with E-state index in [2.05, 4.69) is 9.55 Å². The van der Waals surface area contributed by atoms with Gasteiger partial charge in [0.15, 0.2) is 0 Å². The van der Waals surface area contributed by atoms with Gasteiger partial charge in [0, 0.05) is 12.3 Å². The lowest BCUT2D eigenvalue weighted by Gasteiger charge is -2.29. The molecule has 5 heteroatoms. The highest BCUT2D eigenvalue weighted by Crippen LogP contribution is 2.33. The third kappa shape index (κ3) is 2.39. The highest BCUT2D eigenvalue weighted by molar-refractivity contribution is 7.91. The van der Waals surface area contributed by atoms with E-state index < -0.39 is 9.84 Å². The number of sulfone groups is 1. The van der Waals surface area contributed by atoms with Crippen LogP contribution in [-0.4, -0.2) is 29.5 Å². The summed E-state index contributed by atoms with van der Waals surface area (Å²) in [5, 5.41) is -0.201. The molecule has 1 fully saturated rings. The van der Waals surface area contributed by atoms with E-state index in [9.17, 15) is 8.42 Å². The van der Waals surface area contributed by atoms with Crippen molar-refractivity contribution >= 4 is 20.9 Å². The summed E-state index contributed by atoms with van der Waals surface area (Å²) in [4.78, 5) is 4.39.